The van der Waals surface area contributed by atoms with E-state index in [1.165, 1.54) is 23.8 Å². The molecule has 2 aromatic heterocycles. The van der Waals surface area contributed by atoms with Crippen molar-refractivity contribution in [1.29, 1.82) is 0 Å². The Morgan fingerprint density at radius 2 is 2.33 bits per heavy atom. The van der Waals surface area contributed by atoms with Crippen molar-refractivity contribution in [3.63, 3.8) is 0 Å². The van der Waals surface area contributed by atoms with Gasteiger partial charge >= 0.3 is 0 Å². The van der Waals surface area contributed by atoms with E-state index < -0.39 is 0 Å². The summed E-state index contributed by atoms with van der Waals surface area (Å²) in [6, 6.07) is 0. The number of aryl methyl sites for hydroxylation is 3. The van der Waals surface area contributed by atoms with E-state index in [1.807, 2.05) is 6.92 Å². The second-order valence-electron chi connectivity index (χ2n) is 6.14. The number of halogens is 1. The first-order chi connectivity index (χ1) is 11.5. The lowest BCUT2D eigenvalue weighted by atomic mass is 9.89. The summed E-state index contributed by atoms with van der Waals surface area (Å²) >= 11 is 7.76. The monoisotopic (exact) mass is 364 g/mol. The van der Waals surface area contributed by atoms with Crippen molar-refractivity contribution in [3.8, 4) is 0 Å². The maximum Gasteiger partial charge on any atom is 0.250 e. The smallest absolute Gasteiger partial charge is 0.250 e. The van der Waals surface area contributed by atoms with Gasteiger partial charge in [0, 0.05) is 23.6 Å². The number of rotatable bonds is 4. The van der Waals surface area contributed by atoms with Crippen LogP contribution >= 0.6 is 22.9 Å². The molecule has 1 unspecified atom stereocenters. The molecule has 0 bridgehead atoms. The van der Waals surface area contributed by atoms with Crippen molar-refractivity contribution < 1.29 is 4.79 Å². The minimum absolute atomic E-state index is 0.201. The van der Waals surface area contributed by atoms with Gasteiger partial charge in [-0.1, -0.05) is 24.9 Å². The molecule has 128 valence electrons. The number of nitrogens with one attached hydrogen (secondary N) is 1. The van der Waals surface area contributed by atoms with E-state index in [4.69, 9.17) is 11.6 Å². The van der Waals surface area contributed by atoms with Crippen molar-refractivity contribution in [2.75, 3.05) is 5.32 Å². The molecule has 0 fully saturated rings. The maximum atomic E-state index is 12.1. The van der Waals surface area contributed by atoms with Crippen LogP contribution in [0.3, 0.4) is 0 Å². The van der Waals surface area contributed by atoms with E-state index in [1.54, 1.807) is 29.1 Å². The van der Waals surface area contributed by atoms with Crippen LogP contribution in [0.1, 0.15) is 41.6 Å². The molecule has 0 radical (unpaired) electrons. The van der Waals surface area contributed by atoms with Gasteiger partial charge in [-0.2, -0.15) is 5.10 Å². The van der Waals surface area contributed by atoms with Crippen LogP contribution in [-0.2, 0) is 24.7 Å². The molecular weight excluding hydrogens is 344 g/mol. The first-order valence-electron chi connectivity index (χ1n) is 8.14. The lowest BCUT2D eigenvalue weighted by Crippen LogP contribution is -2.11. The third kappa shape index (κ3) is 3.54. The Labute approximate surface area is 150 Å². The quantitative estimate of drug-likeness (QED) is 0.834. The highest BCUT2D eigenvalue weighted by Crippen LogP contribution is 2.33. The van der Waals surface area contributed by atoms with Gasteiger partial charge in [0.1, 0.15) is 5.15 Å². The first-order valence-corrected chi connectivity index (χ1v) is 9.34. The second kappa shape index (κ2) is 7.07. The number of aromatic nitrogens is 3. The normalized spacial score (nSPS) is 17.2. The molecule has 1 aliphatic rings. The fourth-order valence-electron chi connectivity index (χ4n) is 2.99. The number of hydrogen-bond acceptors (Lipinski definition) is 4. The van der Waals surface area contributed by atoms with Crippen molar-refractivity contribution in [1.82, 2.24) is 14.8 Å². The van der Waals surface area contributed by atoms with Gasteiger partial charge in [0.2, 0.25) is 5.91 Å². The van der Waals surface area contributed by atoms with Crippen molar-refractivity contribution in [2.45, 2.75) is 39.5 Å². The first kappa shape index (κ1) is 17.2. The minimum atomic E-state index is -0.201. The van der Waals surface area contributed by atoms with E-state index in [2.05, 4.69) is 22.3 Å². The number of carbonyl (C=O) groups excluding carboxylic acids is 1. The minimum Gasteiger partial charge on any atom is -0.298 e. The summed E-state index contributed by atoms with van der Waals surface area (Å²) in [6.07, 6.45) is 7.66. The summed E-state index contributed by atoms with van der Waals surface area (Å²) in [6.45, 7) is 4.10. The Balaban J connectivity index is 1.67. The van der Waals surface area contributed by atoms with Gasteiger partial charge in [0.25, 0.3) is 0 Å². The van der Waals surface area contributed by atoms with Gasteiger partial charge in [-0.05, 0) is 38.2 Å². The van der Waals surface area contributed by atoms with Crippen LogP contribution in [0.15, 0.2) is 6.08 Å². The standard InChI is InChI=1S/C17H21ClN4OS/c1-4-11-5-7-13-14(9-11)24-17(19-13)20-15(23)8-6-12-10(2)21-22(3)16(12)18/h6,8,11H,4-5,7,9H2,1-3H3,(H,19,20,23). The van der Waals surface area contributed by atoms with Crippen LogP contribution in [0, 0.1) is 12.8 Å². The molecule has 1 aliphatic carbocycles. The molecule has 24 heavy (non-hydrogen) atoms. The zero-order chi connectivity index (χ0) is 17.3. The fourth-order valence-corrected chi connectivity index (χ4v) is 4.35. The summed E-state index contributed by atoms with van der Waals surface area (Å²) < 4.78 is 1.59. The van der Waals surface area contributed by atoms with Crippen LogP contribution in [0.25, 0.3) is 6.08 Å². The molecule has 3 rings (SSSR count). The molecule has 0 aromatic carbocycles. The molecule has 7 heteroatoms. The van der Waals surface area contributed by atoms with Crippen LogP contribution in [-0.4, -0.2) is 20.7 Å². The number of carbonyl (C=O) groups is 1. The van der Waals surface area contributed by atoms with Gasteiger partial charge in [-0.25, -0.2) is 4.98 Å². The summed E-state index contributed by atoms with van der Waals surface area (Å²) in [7, 11) is 1.77. The third-order valence-corrected chi connectivity index (χ3v) is 5.93. The molecule has 5 nitrogen and oxygen atoms in total. The van der Waals surface area contributed by atoms with Crippen molar-refractivity contribution >= 4 is 40.1 Å². The molecule has 1 amide bonds. The Hall–Kier alpha value is -1.66. The van der Waals surface area contributed by atoms with Gasteiger partial charge in [0.15, 0.2) is 5.13 Å². The van der Waals surface area contributed by atoms with E-state index in [9.17, 15) is 4.79 Å². The van der Waals surface area contributed by atoms with Crippen LogP contribution in [0.2, 0.25) is 5.15 Å². The zero-order valence-corrected chi connectivity index (χ0v) is 15.7. The van der Waals surface area contributed by atoms with Crippen LogP contribution < -0.4 is 5.32 Å². The molecular formula is C17H21ClN4OS. The fraction of sp³-hybridized carbons (Fsp3) is 0.471. The number of nitrogens with zero attached hydrogens (tertiary/aromatic N) is 3. The molecule has 2 aromatic rings. The van der Waals surface area contributed by atoms with Crippen LogP contribution in [0.4, 0.5) is 5.13 Å². The summed E-state index contributed by atoms with van der Waals surface area (Å²) in [5, 5.41) is 8.28. The van der Waals surface area contributed by atoms with E-state index >= 15 is 0 Å². The average molecular weight is 365 g/mol. The molecule has 0 saturated heterocycles. The van der Waals surface area contributed by atoms with E-state index in [0.717, 1.165) is 35.7 Å². The van der Waals surface area contributed by atoms with Crippen LogP contribution in [0.5, 0.6) is 0 Å². The molecule has 1 atom stereocenters. The predicted molar refractivity (Wildman–Crippen MR) is 98.5 cm³/mol. The Morgan fingerprint density at radius 1 is 1.54 bits per heavy atom. The summed E-state index contributed by atoms with van der Waals surface area (Å²) in [5.41, 5.74) is 2.70. The Kier molecular flexibility index (Phi) is 5.06. The molecule has 1 N–H and O–H groups in total. The number of anilines is 1. The molecule has 0 spiro atoms. The Bertz CT molecular complexity index is 793. The van der Waals surface area contributed by atoms with E-state index in [0.29, 0.717) is 10.3 Å². The summed E-state index contributed by atoms with van der Waals surface area (Å²) in [5.74, 6) is 0.546. The topological polar surface area (TPSA) is 59.8 Å². The average Bonchev–Trinajstić information content (AvgIpc) is 3.05. The molecule has 0 aliphatic heterocycles. The molecule has 2 heterocycles. The van der Waals surface area contributed by atoms with Gasteiger partial charge < -0.3 is 0 Å². The molecule has 0 saturated carbocycles. The SMILES string of the molecule is CCC1CCc2nc(NC(=O)C=Cc3c(C)nn(C)c3Cl)sc2C1. The van der Waals surface area contributed by atoms with Gasteiger partial charge in [-0.15, -0.1) is 11.3 Å². The lowest BCUT2D eigenvalue weighted by Gasteiger charge is -2.18. The number of hydrogen-bond donors (Lipinski definition) is 1. The third-order valence-electron chi connectivity index (χ3n) is 4.45. The zero-order valence-electron chi connectivity index (χ0n) is 14.1. The highest BCUT2D eigenvalue weighted by molar-refractivity contribution is 7.15. The predicted octanol–water partition coefficient (Wildman–Crippen LogP) is 4.01. The number of fused-ring (bicyclic) bond motifs is 1. The van der Waals surface area contributed by atoms with Crippen molar-refractivity contribution in [3.05, 3.63) is 33.1 Å². The van der Waals surface area contributed by atoms with E-state index in [-0.39, 0.29) is 5.91 Å². The number of thiazole rings is 1. The van der Waals surface area contributed by atoms with Gasteiger partial charge in [-0.3, -0.25) is 14.8 Å². The van der Waals surface area contributed by atoms with Gasteiger partial charge in [0.05, 0.1) is 11.4 Å². The second-order valence-corrected chi connectivity index (χ2v) is 7.58. The number of amides is 1. The Morgan fingerprint density at radius 3 is 3.00 bits per heavy atom. The van der Waals surface area contributed by atoms with Crippen molar-refractivity contribution in [2.24, 2.45) is 13.0 Å². The maximum absolute atomic E-state index is 12.1. The lowest BCUT2D eigenvalue weighted by molar-refractivity contribution is -0.111. The highest BCUT2D eigenvalue weighted by atomic mass is 35.5. The summed E-state index contributed by atoms with van der Waals surface area (Å²) in [4.78, 5) is 18.0. The highest BCUT2D eigenvalue weighted by Gasteiger charge is 2.21. The largest absolute Gasteiger partial charge is 0.298 e.